The fourth-order valence-electron chi connectivity index (χ4n) is 0.249. The maximum Gasteiger partial charge on any atom is 0.212 e. The van der Waals surface area contributed by atoms with E-state index in [9.17, 15) is 0 Å². The average Bonchev–Trinajstić information content (AvgIpc) is 1.91. The summed E-state index contributed by atoms with van der Waals surface area (Å²) in [5, 5.41) is 5.09. The van der Waals surface area contributed by atoms with E-state index in [0.29, 0.717) is 0 Å². The molecule has 0 unspecified atom stereocenters. The van der Waals surface area contributed by atoms with Gasteiger partial charge in [-0.25, -0.2) is 5.53 Å². The van der Waals surface area contributed by atoms with Crippen LogP contribution in [0.15, 0.2) is 5.10 Å². The summed E-state index contributed by atoms with van der Waals surface area (Å²) < 4.78 is 1.40. The van der Waals surface area contributed by atoms with Crippen molar-refractivity contribution in [3.05, 3.63) is 0 Å². The van der Waals surface area contributed by atoms with E-state index in [4.69, 9.17) is 0 Å². The van der Waals surface area contributed by atoms with Crippen molar-refractivity contribution >= 4 is 19.2 Å². The summed E-state index contributed by atoms with van der Waals surface area (Å²) in [4.78, 5) is 0. The first-order valence-electron chi connectivity index (χ1n) is 1.74. The van der Waals surface area contributed by atoms with E-state index < -0.39 is 0 Å². The number of hydrogen-bond donors (Lipinski definition) is 2. The van der Waals surface area contributed by atoms with Crippen molar-refractivity contribution < 1.29 is 0 Å². The third-order valence-corrected chi connectivity index (χ3v) is 0.976. The Morgan fingerprint density at radius 1 is 1.86 bits per heavy atom. The van der Waals surface area contributed by atoms with Crippen molar-refractivity contribution in [1.82, 2.24) is 15.1 Å². The molecule has 0 atom stereocenters. The number of hydrogen-bond acceptors (Lipinski definition) is 5. The molecule has 0 spiro atoms. The van der Waals surface area contributed by atoms with E-state index >= 15 is 0 Å². The first-order valence-corrected chi connectivity index (χ1v) is 2.14. The summed E-state index contributed by atoms with van der Waals surface area (Å²) in [7, 11) is 1.77. The van der Waals surface area contributed by atoms with Crippen molar-refractivity contribution in [2.45, 2.75) is 0 Å². The van der Waals surface area contributed by atoms with Crippen LogP contribution in [0.1, 0.15) is 0 Å². The molecule has 0 amide bonds. The fourth-order valence-corrected chi connectivity index (χ4v) is 0.334. The highest BCUT2D eigenvalue weighted by atomic mass is 32.1. The molecule has 0 aliphatic carbocycles. The lowest BCUT2D eigenvalue weighted by Crippen LogP contribution is -2.31. The van der Waals surface area contributed by atoms with Crippen molar-refractivity contribution in [1.29, 1.82) is 0 Å². The van der Waals surface area contributed by atoms with Gasteiger partial charge >= 0.3 is 0 Å². The van der Waals surface area contributed by atoms with Gasteiger partial charge in [-0.3, -0.25) is 5.01 Å². The van der Waals surface area contributed by atoms with Crippen LogP contribution in [-0.4, -0.2) is 22.9 Å². The molecule has 0 fully saturated rings. The SMILES string of the molecule is CN1[C]=NNN1S. The highest BCUT2D eigenvalue weighted by Crippen LogP contribution is 1.94. The van der Waals surface area contributed by atoms with Crippen LogP contribution < -0.4 is 5.53 Å². The molecule has 0 aromatic heterocycles. The van der Waals surface area contributed by atoms with E-state index in [1.807, 2.05) is 0 Å². The Hall–Kier alpha value is -0.420. The first-order chi connectivity index (χ1) is 3.30. The van der Waals surface area contributed by atoms with Gasteiger partial charge in [0, 0.05) is 7.05 Å². The minimum Gasteiger partial charge on any atom is -0.259 e. The van der Waals surface area contributed by atoms with Crippen molar-refractivity contribution in [3.8, 4) is 0 Å². The predicted molar refractivity (Wildman–Crippen MR) is 29.2 cm³/mol. The van der Waals surface area contributed by atoms with Gasteiger partial charge in [0.1, 0.15) is 0 Å². The molecule has 0 saturated carbocycles. The second kappa shape index (κ2) is 1.59. The van der Waals surface area contributed by atoms with Crippen molar-refractivity contribution in [3.63, 3.8) is 0 Å². The largest absolute Gasteiger partial charge is 0.259 e. The molecule has 0 bridgehead atoms. The van der Waals surface area contributed by atoms with Crippen LogP contribution >= 0.6 is 12.8 Å². The number of nitrogens with one attached hydrogen (secondary N) is 1. The van der Waals surface area contributed by atoms with Gasteiger partial charge in [-0.15, -0.1) is 5.10 Å². The molecule has 5 heteroatoms. The smallest absolute Gasteiger partial charge is 0.212 e. The van der Waals surface area contributed by atoms with Gasteiger partial charge in [-0.05, 0) is 12.8 Å². The van der Waals surface area contributed by atoms with Crippen LogP contribution in [0.5, 0.6) is 0 Å². The van der Waals surface area contributed by atoms with Gasteiger partial charge in [0.15, 0.2) is 0 Å². The molecule has 1 radical (unpaired) electrons. The third-order valence-electron chi connectivity index (χ3n) is 0.618. The third kappa shape index (κ3) is 0.779. The van der Waals surface area contributed by atoms with Gasteiger partial charge in [-0.1, -0.05) is 4.52 Å². The van der Waals surface area contributed by atoms with E-state index in [2.05, 4.69) is 29.8 Å². The van der Waals surface area contributed by atoms with Gasteiger partial charge in [0.05, 0.1) is 0 Å². The molecule has 1 rings (SSSR count). The quantitative estimate of drug-likeness (QED) is 0.412. The highest BCUT2D eigenvalue weighted by molar-refractivity contribution is 7.77. The van der Waals surface area contributed by atoms with Crippen LogP contribution in [0.2, 0.25) is 0 Å². The van der Waals surface area contributed by atoms with Gasteiger partial charge < -0.3 is 0 Å². The molecule has 4 nitrogen and oxygen atoms in total. The number of nitrogens with zero attached hydrogens (tertiary/aromatic N) is 3. The Morgan fingerprint density at radius 2 is 2.57 bits per heavy atom. The zero-order chi connectivity index (χ0) is 5.28. The topological polar surface area (TPSA) is 30.9 Å². The lowest BCUT2D eigenvalue weighted by atomic mass is 11.1. The molecule has 0 aromatic rings. The van der Waals surface area contributed by atoms with E-state index in [1.54, 1.807) is 12.1 Å². The molecule has 1 aliphatic rings. The minimum absolute atomic E-state index is 1.40. The lowest BCUT2D eigenvalue weighted by molar-refractivity contribution is 0.181. The summed E-state index contributed by atoms with van der Waals surface area (Å²) in [6.45, 7) is 0. The molecule has 39 valence electrons. The average molecular weight is 117 g/mol. The second-order valence-corrected chi connectivity index (χ2v) is 1.50. The fraction of sp³-hybridized carbons (Fsp3) is 0.500. The van der Waals surface area contributed by atoms with Crippen LogP contribution in [-0.2, 0) is 0 Å². The van der Waals surface area contributed by atoms with Gasteiger partial charge in [-0.2, -0.15) is 0 Å². The minimum atomic E-state index is 1.40. The van der Waals surface area contributed by atoms with Crippen LogP contribution in [0.25, 0.3) is 0 Å². The Morgan fingerprint density at radius 3 is 2.71 bits per heavy atom. The monoisotopic (exact) mass is 117 g/mol. The molecule has 0 saturated heterocycles. The van der Waals surface area contributed by atoms with Crippen molar-refractivity contribution in [2.24, 2.45) is 5.10 Å². The summed E-state index contributed by atoms with van der Waals surface area (Å²) in [6, 6.07) is 0. The number of thiol groups is 1. The Labute approximate surface area is 47.3 Å². The van der Waals surface area contributed by atoms with E-state index in [0.717, 1.165) is 0 Å². The Kier molecular flexibility index (Phi) is 1.07. The number of rotatable bonds is 0. The van der Waals surface area contributed by atoms with Gasteiger partial charge in [0.2, 0.25) is 6.34 Å². The Bertz CT molecular complexity index is 91.7. The van der Waals surface area contributed by atoms with E-state index in [-0.39, 0.29) is 0 Å². The highest BCUT2D eigenvalue weighted by Gasteiger charge is 2.05. The summed E-state index contributed by atoms with van der Waals surface area (Å²) in [5.74, 6) is 0. The first kappa shape index (κ1) is 4.73. The number of hydrazine groups is 2. The Balaban J connectivity index is 2.45. The predicted octanol–water partition coefficient (Wildman–Crippen LogP) is -0.681. The standard InChI is InChI=1S/C2H5N4S/c1-5-2-3-4-6(5)7/h4,7H,1H3. The van der Waals surface area contributed by atoms with E-state index in [1.165, 1.54) is 4.52 Å². The van der Waals surface area contributed by atoms with Crippen LogP contribution in [0.3, 0.4) is 0 Å². The zero-order valence-corrected chi connectivity index (χ0v) is 4.68. The maximum atomic E-state index is 3.88. The molecule has 1 aliphatic heterocycles. The van der Waals surface area contributed by atoms with Crippen LogP contribution in [0.4, 0.5) is 0 Å². The molecule has 7 heavy (non-hydrogen) atoms. The molecular formula is C2H5N4S. The molecule has 1 heterocycles. The lowest BCUT2D eigenvalue weighted by Gasteiger charge is -2.13. The van der Waals surface area contributed by atoms with Crippen LogP contribution in [0, 0.1) is 0 Å². The second-order valence-electron chi connectivity index (χ2n) is 1.12. The zero-order valence-electron chi connectivity index (χ0n) is 3.79. The number of hydrazone groups is 1. The molecule has 0 aromatic carbocycles. The molecular weight excluding hydrogens is 112 g/mol. The van der Waals surface area contributed by atoms with Gasteiger partial charge in [0.25, 0.3) is 0 Å². The summed E-state index contributed by atoms with van der Waals surface area (Å²) in [6.07, 6.45) is 2.57. The normalized spacial score (nSPS) is 20.6. The maximum absolute atomic E-state index is 3.88. The summed E-state index contributed by atoms with van der Waals surface area (Å²) >= 11 is 3.88. The molecule has 1 N–H and O–H groups in total. The summed E-state index contributed by atoms with van der Waals surface area (Å²) in [5.41, 5.74) is 2.51. The van der Waals surface area contributed by atoms with Crippen molar-refractivity contribution in [2.75, 3.05) is 7.05 Å².